The molecule has 0 saturated carbocycles. The van der Waals surface area contributed by atoms with Crippen LogP contribution < -0.4 is 0 Å². The third kappa shape index (κ3) is 7.66. The van der Waals surface area contributed by atoms with Gasteiger partial charge in [-0.25, -0.2) is 4.79 Å². The van der Waals surface area contributed by atoms with Gasteiger partial charge in [0.2, 0.25) is 5.91 Å². The summed E-state index contributed by atoms with van der Waals surface area (Å²) in [5.74, 6) is -0.135. The summed E-state index contributed by atoms with van der Waals surface area (Å²) in [5.41, 5.74) is 2.51. The van der Waals surface area contributed by atoms with Gasteiger partial charge in [-0.2, -0.15) is 5.06 Å². The molecule has 0 aromatic heterocycles. The number of aromatic hydroxyl groups is 3. The second-order valence-electron chi connectivity index (χ2n) is 11.9. The average molecular weight is 618 g/mol. The van der Waals surface area contributed by atoms with E-state index in [1.54, 1.807) is 65.6 Å². The van der Waals surface area contributed by atoms with Crippen LogP contribution in [0.3, 0.4) is 0 Å². The molecule has 2 aliphatic heterocycles. The average Bonchev–Trinajstić information content (AvgIpc) is 3.01. The summed E-state index contributed by atoms with van der Waals surface area (Å²) in [4.78, 5) is 50.9. The van der Waals surface area contributed by atoms with E-state index in [0.717, 1.165) is 16.2 Å². The van der Waals surface area contributed by atoms with Crippen LogP contribution in [0.5, 0.6) is 17.2 Å². The highest BCUT2D eigenvalue weighted by Gasteiger charge is 2.53. The topological polar surface area (TPSA) is 140 Å². The Morgan fingerprint density at radius 3 is 1.91 bits per heavy atom. The van der Waals surface area contributed by atoms with Crippen molar-refractivity contribution in [2.24, 2.45) is 5.92 Å². The van der Waals surface area contributed by atoms with E-state index in [2.05, 4.69) is 0 Å². The molecule has 11 nitrogen and oxygen atoms in total. The van der Waals surface area contributed by atoms with Crippen molar-refractivity contribution in [1.29, 1.82) is 0 Å². The van der Waals surface area contributed by atoms with Crippen LogP contribution in [0.25, 0.3) is 0 Å². The van der Waals surface area contributed by atoms with Gasteiger partial charge in [-0.1, -0.05) is 50.2 Å². The molecule has 3 aromatic rings. The summed E-state index contributed by atoms with van der Waals surface area (Å²) < 4.78 is 5.63. The highest BCUT2D eigenvalue weighted by atomic mass is 16.7. The van der Waals surface area contributed by atoms with Crippen molar-refractivity contribution in [3.63, 3.8) is 0 Å². The van der Waals surface area contributed by atoms with Gasteiger partial charge in [-0.3, -0.25) is 14.4 Å². The van der Waals surface area contributed by atoms with Crippen LogP contribution in [0, 0.1) is 5.92 Å². The fourth-order valence-electron chi connectivity index (χ4n) is 5.73. The number of hydroxylamine groups is 2. The predicted molar refractivity (Wildman–Crippen MR) is 164 cm³/mol. The molecule has 3 atom stereocenters. The molecule has 3 unspecified atom stereocenters. The zero-order chi connectivity index (χ0) is 32.1. The molecule has 2 saturated heterocycles. The van der Waals surface area contributed by atoms with Gasteiger partial charge in [0.05, 0.1) is 13.2 Å². The Balaban J connectivity index is 1.40. The molecular formula is C34H39N3O8. The molecule has 3 aromatic carbocycles. The highest BCUT2D eigenvalue weighted by molar-refractivity contribution is 5.92. The van der Waals surface area contributed by atoms with Gasteiger partial charge in [0, 0.05) is 19.4 Å². The SMILES string of the molecule is CC(C)CC1C(=O)N(CCc2ccc(O)cc2)CC2N(C(=O)OCCc3ccc(O)cc3)OC(Cc3ccc(O)cc3)C(=O)N12. The summed E-state index contributed by atoms with van der Waals surface area (Å²) in [7, 11) is 0. The van der Waals surface area contributed by atoms with Crippen molar-refractivity contribution >= 4 is 17.9 Å². The number of hydrogen-bond donors (Lipinski definition) is 3. The minimum Gasteiger partial charge on any atom is -0.508 e. The molecule has 2 aliphatic rings. The van der Waals surface area contributed by atoms with Gasteiger partial charge >= 0.3 is 6.09 Å². The van der Waals surface area contributed by atoms with Crippen molar-refractivity contribution < 1.29 is 39.3 Å². The zero-order valence-electron chi connectivity index (χ0n) is 25.4. The molecule has 0 radical (unpaired) electrons. The first kappa shape index (κ1) is 31.6. The van der Waals surface area contributed by atoms with Gasteiger partial charge in [-0.15, -0.1) is 0 Å². The summed E-state index contributed by atoms with van der Waals surface area (Å²) in [6, 6.07) is 18.9. The van der Waals surface area contributed by atoms with Crippen LogP contribution in [-0.4, -0.2) is 86.1 Å². The summed E-state index contributed by atoms with van der Waals surface area (Å²) in [6.45, 7) is 4.37. The minimum absolute atomic E-state index is 0.0334. The number of amides is 3. The Kier molecular flexibility index (Phi) is 9.77. The lowest BCUT2D eigenvalue weighted by molar-refractivity contribution is -0.266. The van der Waals surface area contributed by atoms with Crippen molar-refractivity contribution in [2.75, 3.05) is 19.7 Å². The van der Waals surface area contributed by atoms with Gasteiger partial charge in [-0.05, 0) is 71.8 Å². The number of phenols is 3. The molecule has 5 rings (SSSR count). The first-order chi connectivity index (χ1) is 21.6. The summed E-state index contributed by atoms with van der Waals surface area (Å²) in [5, 5.41) is 30.0. The molecule has 3 amide bonds. The number of phenolic OH excluding ortho intramolecular Hbond substituents is 3. The van der Waals surface area contributed by atoms with Gasteiger partial charge < -0.3 is 29.9 Å². The Morgan fingerprint density at radius 1 is 0.822 bits per heavy atom. The number of carbonyl (C=O) groups excluding carboxylic acids is 3. The van der Waals surface area contributed by atoms with E-state index in [1.807, 2.05) is 13.8 Å². The number of benzene rings is 3. The lowest BCUT2D eigenvalue weighted by Crippen LogP contribution is -2.73. The Labute approximate surface area is 262 Å². The van der Waals surface area contributed by atoms with E-state index >= 15 is 0 Å². The molecule has 0 aliphatic carbocycles. The first-order valence-corrected chi connectivity index (χ1v) is 15.2. The van der Waals surface area contributed by atoms with E-state index < -0.39 is 30.3 Å². The maximum atomic E-state index is 14.0. The van der Waals surface area contributed by atoms with Crippen LogP contribution in [0.1, 0.15) is 37.0 Å². The number of nitrogens with zero attached hydrogens (tertiary/aromatic N) is 3. The quantitative estimate of drug-likeness (QED) is 0.310. The van der Waals surface area contributed by atoms with E-state index in [9.17, 15) is 29.7 Å². The molecule has 2 fully saturated rings. The molecule has 238 valence electrons. The van der Waals surface area contributed by atoms with Gasteiger partial charge in [0.25, 0.3) is 5.91 Å². The molecule has 0 spiro atoms. The Morgan fingerprint density at radius 2 is 1.36 bits per heavy atom. The number of ether oxygens (including phenoxy) is 1. The molecular weight excluding hydrogens is 578 g/mol. The van der Waals surface area contributed by atoms with Gasteiger partial charge in [0.15, 0.2) is 12.3 Å². The number of rotatable bonds is 10. The second-order valence-corrected chi connectivity index (χ2v) is 11.9. The maximum absolute atomic E-state index is 14.0. The summed E-state index contributed by atoms with van der Waals surface area (Å²) >= 11 is 0. The van der Waals surface area contributed by atoms with Crippen LogP contribution >= 0.6 is 0 Å². The van der Waals surface area contributed by atoms with Crippen LogP contribution in [0.4, 0.5) is 4.79 Å². The Hall–Kier alpha value is -4.77. The van der Waals surface area contributed by atoms with E-state index in [4.69, 9.17) is 9.57 Å². The fourth-order valence-corrected chi connectivity index (χ4v) is 5.73. The van der Waals surface area contributed by atoms with Crippen molar-refractivity contribution in [2.45, 2.75) is 57.8 Å². The van der Waals surface area contributed by atoms with Gasteiger partial charge in [0.1, 0.15) is 23.3 Å². The smallest absolute Gasteiger partial charge is 0.436 e. The fraction of sp³-hybridized carbons (Fsp3) is 0.382. The van der Waals surface area contributed by atoms with E-state index in [1.165, 1.54) is 17.0 Å². The van der Waals surface area contributed by atoms with Crippen molar-refractivity contribution in [3.8, 4) is 17.2 Å². The zero-order valence-corrected chi connectivity index (χ0v) is 25.4. The molecule has 0 bridgehead atoms. The standard InChI is InChI=1S/C34H39N3O8/c1-22(2)19-29-32(41)35(17-15-23-3-9-26(38)10-4-23)21-31-36(29)33(42)30(20-25-7-13-28(40)14-8-25)45-37(31)34(43)44-18-16-24-5-11-27(39)12-6-24/h3-14,22,29-31,38-40H,15-21H2,1-2H3. The molecule has 11 heteroatoms. The lowest BCUT2D eigenvalue weighted by atomic mass is 9.95. The van der Waals surface area contributed by atoms with E-state index in [0.29, 0.717) is 31.4 Å². The summed E-state index contributed by atoms with van der Waals surface area (Å²) in [6.07, 6.45) is -1.35. The first-order valence-electron chi connectivity index (χ1n) is 15.2. The highest BCUT2D eigenvalue weighted by Crippen LogP contribution is 2.32. The largest absolute Gasteiger partial charge is 0.508 e. The molecule has 45 heavy (non-hydrogen) atoms. The van der Waals surface area contributed by atoms with Crippen LogP contribution in [0.2, 0.25) is 0 Å². The Bertz CT molecular complexity index is 1480. The number of fused-ring (bicyclic) bond motifs is 1. The third-order valence-corrected chi connectivity index (χ3v) is 8.07. The number of hydrogen-bond acceptors (Lipinski definition) is 8. The van der Waals surface area contributed by atoms with Crippen molar-refractivity contribution in [3.05, 3.63) is 89.5 Å². The maximum Gasteiger partial charge on any atom is 0.436 e. The molecule has 2 heterocycles. The van der Waals surface area contributed by atoms with Crippen LogP contribution in [0.15, 0.2) is 72.8 Å². The van der Waals surface area contributed by atoms with E-state index in [-0.39, 0.29) is 48.6 Å². The lowest BCUT2D eigenvalue weighted by Gasteiger charge is -2.52. The number of carbonyl (C=O) groups is 3. The van der Waals surface area contributed by atoms with Crippen molar-refractivity contribution in [1.82, 2.24) is 14.9 Å². The number of piperazine rings is 1. The predicted octanol–water partition coefficient (Wildman–Crippen LogP) is 4.00. The second kappa shape index (κ2) is 13.9. The van der Waals surface area contributed by atoms with Crippen LogP contribution in [-0.2, 0) is 38.4 Å². The molecule has 3 N–H and O–H groups in total. The minimum atomic E-state index is -1.10. The monoisotopic (exact) mass is 617 g/mol. The normalized spacial score (nSPS) is 20.0. The third-order valence-electron chi connectivity index (χ3n) is 8.07.